The maximum atomic E-state index is 12.6. The molecule has 11 heteroatoms. The summed E-state index contributed by atoms with van der Waals surface area (Å²) in [4.78, 5) is 35.8. The molecule has 0 bridgehead atoms. The van der Waals surface area contributed by atoms with E-state index < -0.39 is 18.2 Å². The second kappa shape index (κ2) is 16.9. The minimum atomic E-state index is -0.965. The molecule has 0 aromatic heterocycles. The van der Waals surface area contributed by atoms with Crippen LogP contribution in [0.4, 0.5) is 5.69 Å². The van der Waals surface area contributed by atoms with Crippen LogP contribution in [0.2, 0.25) is 0 Å². The Bertz CT molecular complexity index is 1380. The van der Waals surface area contributed by atoms with Gasteiger partial charge in [0, 0.05) is 41.2 Å². The van der Waals surface area contributed by atoms with Crippen LogP contribution < -0.4 is 10.8 Å². The van der Waals surface area contributed by atoms with Crippen molar-refractivity contribution in [1.29, 1.82) is 0 Å². The Labute approximate surface area is 260 Å². The second-order valence-electron chi connectivity index (χ2n) is 10.6. The van der Waals surface area contributed by atoms with Crippen LogP contribution in [-0.4, -0.2) is 45.1 Å². The Morgan fingerprint density at radius 3 is 2.20 bits per heavy atom. The van der Waals surface area contributed by atoms with Crippen molar-refractivity contribution in [2.24, 2.45) is 0 Å². The number of hydrogen-bond donors (Lipinski definition) is 5. The zero-order chi connectivity index (χ0) is 31.3. The van der Waals surface area contributed by atoms with Crippen LogP contribution in [0, 0.1) is 0 Å². The third kappa shape index (κ3) is 10.2. The van der Waals surface area contributed by atoms with Crippen molar-refractivity contribution in [2.45, 2.75) is 74.9 Å². The summed E-state index contributed by atoms with van der Waals surface area (Å²) in [5, 5.41) is 30.1. The predicted octanol–water partition coefficient (Wildman–Crippen LogP) is 6.00. The lowest BCUT2D eigenvalue weighted by Crippen LogP contribution is -2.31. The number of benzene rings is 3. The van der Waals surface area contributed by atoms with Crippen molar-refractivity contribution < 1.29 is 39.3 Å². The molecule has 1 heterocycles. The van der Waals surface area contributed by atoms with Gasteiger partial charge in [0.25, 0.3) is 0 Å². The lowest BCUT2D eigenvalue weighted by Gasteiger charge is -2.36. The van der Waals surface area contributed by atoms with Crippen LogP contribution in [-0.2, 0) is 25.7 Å². The number of unbranched alkanes of at least 4 members (excludes halogenated alkanes) is 3. The highest BCUT2D eigenvalue weighted by Gasteiger charge is 2.32. The van der Waals surface area contributed by atoms with Crippen LogP contribution in [0.25, 0.3) is 0 Å². The molecule has 1 saturated heterocycles. The number of anilines is 1. The number of carboxylic acid groups (broad SMARTS) is 1. The molecule has 1 fully saturated rings. The molecule has 0 aliphatic carbocycles. The van der Waals surface area contributed by atoms with Crippen molar-refractivity contribution >= 4 is 35.2 Å². The number of hydroxylamine groups is 1. The van der Waals surface area contributed by atoms with Gasteiger partial charge in [-0.15, -0.1) is 11.8 Å². The summed E-state index contributed by atoms with van der Waals surface area (Å²) in [6.45, 7) is -0.0423. The van der Waals surface area contributed by atoms with E-state index in [-0.39, 0.29) is 36.7 Å². The zero-order valence-corrected chi connectivity index (χ0v) is 25.1. The normalized spacial score (nSPS) is 18.0. The first-order valence-corrected chi connectivity index (χ1v) is 15.6. The van der Waals surface area contributed by atoms with Gasteiger partial charge in [-0.1, -0.05) is 49.2 Å². The molecule has 3 unspecified atom stereocenters. The fourth-order valence-electron chi connectivity index (χ4n) is 4.87. The standard InChI is InChI=1S/C33H38N2O8S/c36-20-22-10-12-23(13-11-22)29-19-27(21-44-28-16-14-24(15-17-28)32(39)40)42-33(43-29)25-6-5-7-26(18-25)34-30(37)8-3-1-2-4-9-31(38)35-41/h5-7,10-18,27,29,33,36,41H,1-4,8-9,19-21H2,(H,34,37)(H,35,38)(H,39,40). The number of nitrogens with one attached hydrogen (secondary N) is 2. The smallest absolute Gasteiger partial charge is 0.335 e. The average molecular weight is 623 g/mol. The van der Waals surface area contributed by atoms with Crippen LogP contribution in [0.3, 0.4) is 0 Å². The molecule has 0 spiro atoms. The van der Waals surface area contributed by atoms with Gasteiger partial charge >= 0.3 is 5.97 Å². The van der Waals surface area contributed by atoms with Gasteiger partial charge in [-0.25, -0.2) is 10.3 Å². The van der Waals surface area contributed by atoms with Crippen LogP contribution in [0.5, 0.6) is 0 Å². The molecule has 234 valence electrons. The lowest BCUT2D eigenvalue weighted by atomic mass is 10.0. The van der Waals surface area contributed by atoms with Crippen molar-refractivity contribution in [1.82, 2.24) is 5.48 Å². The van der Waals surface area contributed by atoms with Crippen molar-refractivity contribution in [3.05, 3.63) is 95.1 Å². The largest absolute Gasteiger partial charge is 0.478 e. The summed E-state index contributed by atoms with van der Waals surface area (Å²) < 4.78 is 12.8. The number of aliphatic hydroxyl groups is 1. The Kier molecular flexibility index (Phi) is 12.8. The van der Waals surface area contributed by atoms with E-state index in [1.165, 1.54) is 0 Å². The van der Waals surface area contributed by atoms with E-state index in [4.69, 9.17) is 14.7 Å². The Morgan fingerprint density at radius 2 is 1.55 bits per heavy atom. The van der Waals surface area contributed by atoms with Gasteiger partial charge in [-0.05, 0) is 60.4 Å². The summed E-state index contributed by atoms with van der Waals surface area (Å²) in [6, 6.07) is 21.8. The van der Waals surface area contributed by atoms with E-state index in [0.29, 0.717) is 37.1 Å². The molecule has 5 N–H and O–H groups in total. The quantitative estimate of drug-likeness (QED) is 0.0594. The van der Waals surface area contributed by atoms with E-state index >= 15 is 0 Å². The minimum Gasteiger partial charge on any atom is -0.478 e. The number of carboxylic acids is 1. The number of carbonyl (C=O) groups excluding carboxylic acids is 2. The molecule has 2 amide bonds. The van der Waals surface area contributed by atoms with E-state index in [2.05, 4.69) is 5.32 Å². The van der Waals surface area contributed by atoms with Gasteiger partial charge in [0.1, 0.15) is 0 Å². The first-order valence-electron chi connectivity index (χ1n) is 14.6. The monoisotopic (exact) mass is 622 g/mol. The number of carbonyl (C=O) groups is 3. The van der Waals surface area contributed by atoms with Crippen LogP contribution in [0.15, 0.2) is 77.7 Å². The van der Waals surface area contributed by atoms with E-state index in [9.17, 15) is 24.6 Å². The van der Waals surface area contributed by atoms with Crippen LogP contribution in [0.1, 0.15) is 84.4 Å². The summed E-state index contributed by atoms with van der Waals surface area (Å²) in [5.74, 6) is -0.853. The molecular weight excluding hydrogens is 584 g/mol. The Morgan fingerprint density at radius 1 is 0.841 bits per heavy atom. The molecule has 1 aliphatic heterocycles. The zero-order valence-electron chi connectivity index (χ0n) is 24.3. The van der Waals surface area contributed by atoms with Gasteiger partial charge in [-0.3, -0.25) is 14.8 Å². The first kappa shape index (κ1) is 33.2. The number of aromatic carboxylic acids is 1. The molecule has 44 heavy (non-hydrogen) atoms. The third-order valence-electron chi connectivity index (χ3n) is 7.28. The molecule has 3 aromatic carbocycles. The van der Waals surface area contributed by atoms with E-state index in [1.807, 2.05) is 48.5 Å². The van der Waals surface area contributed by atoms with Gasteiger partial charge in [0.2, 0.25) is 11.8 Å². The highest BCUT2D eigenvalue weighted by atomic mass is 32.2. The molecule has 0 radical (unpaired) electrons. The summed E-state index contributed by atoms with van der Waals surface area (Å²) in [6.07, 6.45) is 3.04. The molecule has 4 rings (SSSR count). The fourth-order valence-corrected chi connectivity index (χ4v) is 5.79. The Balaban J connectivity index is 1.39. The third-order valence-corrected chi connectivity index (χ3v) is 8.42. The van der Waals surface area contributed by atoms with E-state index in [0.717, 1.165) is 34.4 Å². The topological polar surface area (TPSA) is 154 Å². The first-order chi connectivity index (χ1) is 21.3. The number of hydrogen-bond acceptors (Lipinski definition) is 8. The lowest BCUT2D eigenvalue weighted by molar-refractivity contribution is -0.245. The number of amides is 2. The van der Waals surface area contributed by atoms with Gasteiger partial charge in [-0.2, -0.15) is 0 Å². The van der Waals surface area contributed by atoms with Crippen molar-refractivity contribution in [2.75, 3.05) is 11.1 Å². The molecule has 0 saturated carbocycles. The number of rotatable bonds is 15. The summed E-state index contributed by atoms with van der Waals surface area (Å²) in [5.41, 5.74) is 5.04. The van der Waals surface area contributed by atoms with Gasteiger partial charge in [0.15, 0.2) is 6.29 Å². The maximum absolute atomic E-state index is 12.6. The van der Waals surface area contributed by atoms with Crippen molar-refractivity contribution in [3.63, 3.8) is 0 Å². The maximum Gasteiger partial charge on any atom is 0.335 e. The SMILES string of the molecule is O=C(CCCCCCC(=O)Nc1cccc(C2OC(CSc3ccc(C(=O)O)cc3)CC(c3ccc(CO)cc3)O2)c1)NO. The van der Waals surface area contributed by atoms with Gasteiger partial charge in [0.05, 0.1) is 24.4 Å². The van der Waals surface area contributed by atoms with Gasteiger partial charge < -0.3 is 25.0 Å². The van der Waals surface area contributed by atoms with Crippen LogP contribution >= 0.6 is 11.8 Å². The van der Waals surface area contributed by atoms with E-state index in [1.54, 1.807) is 41.5 Å². The number of thioether (sulfide) groups is 1. The molecular formula is C33H38N2O8S. The highest BCUT2D eigenvalue weighted by Crippen LogP contribution is 2.40. The fraction of sp³-hybridized carbons (Fsp3) is 0.364. The predicted molar refractivity (Wildman–Crippen MR) is 165 cm³/mol. The number of aliphatic hydroxyl groups excluding tert-OH is 1. The highest BCUT2D eigenvalue weighted by molar-refractivity contribution is 7.99. The molecule has 3 aromatic rings. The molecule has 10 nitrogen and oxygen atoms in total. The van der Waals surface area contributed by atoms with Crippen molar-refractivity contribution in [3.8, 4) is 0 Å². The number of ether oxygens (including phenoxy) is 2. The Hall–Kier alpha value is -3.74. The summed E-state index contributed by atoms with van der Waals surface area (Å²) in [7, 11) is 0. The minimum absolute atomic E-state index is 0.0423. The second-order valence-corrected chi connectivity index (χ2v) is 11.7. The molecule has 3 atom stereocenters. The molecule has 1 aliphatic rings. The summed E-state index contributed by atoms with van der Waals surface area (Å²) >= 11 is 1.58. The average Bonchev–Trinajstić information content (AvgIpc) is 3.05.